The van der Waals surface area contributed by atoms with Crippen LogP contribution in [-0.2, 0) is 9.59 Å². The van der Waals surface area contributed by atoms with E-state index in [1.54, 1.807) is 41.8 Å². The van der Waals surface area contributed by atoms with Crippen LogP contribution in [0.3, 0.4) is 0 Å². The molecule has 30 heavy (non-hydrogen) atoms. The van der Waals surface area contributed by atoms with Crippen LogP contribution in [-0.4, -0.2) is 23.4 Å². The molecule has 8 heteroatoms. The molecule has 0 fully saturated rings. The van der Waals surface area contributed by atoms with E-state index in [2.05, 4.69) is 10.3 Å². The summed E-state index contributed by atoms with van der Waals surface area (Å²) in [4.78, 5) is 29.8. The molecule has 2 amide bonds. The van der Waals surface area contributed by atoms with Crippen molar-refractivity contribution < 1.29 is 18.7 Å². The van der Waals surface area contributed by atoms with Crippen LogP contribution in [0.4, 0.5) is 20.9 Å². The molecule has 6 nitrogen and oxygen atoms in total. The third-order valence-corrected chi connectivity index (χ3v) is 4.79. The Bertz CT molecular complexity index is 1060. The number of halogens is 1. The minimum atomic E-state index is -0.519. The molecule has 0 atom stereocenters. The fourth-order valence-corrected chi connectivity index (χ4v) is 3.49. The minimum Gasteiger partial charge on any atom is -0.494 e. The first kappa shape index (κ1) is 21.2. The number of para-hydroxylation sites is 1. The van der Waals surface area contributed by atoms with Gasteiger partial charge in [-0.25, -0.2) is 9.37 Å². The van der Waals surface area contributed by atoms with Gasteiger partial charge in [-0.15, -0.1) is 11.3 Å². The van der Waals surface area contributed by atoms with Gasteiger partial charge in [0.05, 0.1) is 18.0 Å². The Hall–Kier alpha value is -3.52. The molecule has 1 aromatic heterocycles. The highest BCUT2D eigenvalue weighted by atomic mass is 32.1. The Labute approximate surface area is 177 Å². The largest absolute Gasteiger partial charge is 0.494 e. The molecule has 0 bridgehead atoms. The van der Waals surface area contributed by atoms with Crippen LogP contribution < -0.4 is 15.0 Å². The van der Waals surface area contributed by atoms with Gasteiger partial charge in [0.25, 0.3) is 0 Å². The van der Waals surface area contributed by atoms with Crippen molar-refractivity contribution in [3.63, 3.8) is 0 Å². The van der Waals surface area contributed by atoms with Gasteiger partial charge < -0.3 is 10.1 Å². The first-order valence-corrected chi connectivity index (χ1v) is 10.1. The summed E-state index contributed by atoms with van der Waals surface area (Å²) in [7, 11) is 0. The van der Waals surface area contributed by atoms with Gasteiger partial charge in [0, 0.05) is 24.1 Å². The quantitative estimate of drug-likeness (QED) is 0.540. The molecular formula is C22H20FN3O3S. The number of nitrogens with one attached hydrogen (secondary N) is 1. The van der Waals surface area contributed by atoms with Crippen LogP contribution in [0.2, 0.25) is 0 Å². The third kappa shape index (κ3) is 5.30. The molecule has 2 aromatic carbocycles. The molecule has 0 unspecified atom stereocenters. The van der Waals surface area contributed by atoms with E-state index in [1.807, 2.05) is 6.92 Å². The average molecular weight is 425 g/mol. The number of hydrogen-bond donors (Lipinski definition) is 1. The van der Waals surface area contributed by atoms with Gasteiger partial charge >= 0.3 is 0 Å². The zero-order valence-electron chi connectivity index (χ0n) is 16.5. The SMILES string of the molecule is CCOc1ccc(NC(=O)/C=C/c2csc(N(C(C)=O)c3ccccc3F)n2)cc1. The van der Waals surface area contributed by atoms with Crippen LogP contribution >= 0.6 is 11.3 Å². The number of amides is 2. The molecule has 1 N–H and O–H groups in total. The molecule has 0 spiro atoms. The van der Waals surface area contributed by atoms with Gasteiger partial charge in [-0.3, -0.25) is 14.5 Å². The van der Waals surface area contributed by atoms with Crippen molar-refractivity contribution >= 4 is 45.7 Å². The summed E-state index contributed by atoms with van der Waals surface area (Å²) in [5, 5.41) is 4.75. The Morgan fingerprint density at radius 3 is 2.60 bits per heavy atom. The van der Waals surface area contributed by atoms with Gasteiger partial charge in [-0.2, -0.15) is 0 Å². The number of hydrogen-bond acceptors (Lipinski definition) is 5. The van der Waals surface area contributed by atoms with Crippen molar-refractivity contribution in [2.75, 3.05) is 16.8 Å². The number of aromatic nitrogens is 1. The van der Waals surface area contributed by atoms with Crippen molar-refractivity contribution in [2.24, 2.45) is 0 Å². The molecule has 0 aliphatic rings. The molecule has 0 aliphatic carbocycles. The van der Waals surface area contributed by atoms with Gasteiger partial charge in [0.1, 0.15) is 11.6 Å². The minimum absolute atomic E-state index is 0.128. The molecule has 1 heterocycles. The Morgan fingerprint density at radius 2 is 1.93 bits per heavy atom. The number of anilines is 3. The molecule has 3 rings (SSSR count). The van der Waals surface area contributed by atoms with E-state index >= 15 is 0 Å². The smallest absolute Gasteiger partial charge is 0.248 e. The third-order valence-electron chi connectivity index (χ3n) is 3.95. The fourth-order valence-electron chi connectivity index (χ4n) is 2.64. The van der Waals surface area contributed by atoms with E-state index in [1.165, 1.54) is 47.4 Å². The summed E-state index contributed by atoms with van der Waals surface area (Å²) in [6.45, 7) is 3.81. The van der Waals surface area contributed by atoms with E-state index in [4.69, 9.17) is 4.74 Å². The second kappa shape index (κ2) is 9.80. The number of thiazole rings is 1. The van der Waals surface area contributed by atoms with Crippen LogP contribution in [0, 0.1) is 5.82 Å². The highest BCUT2D eigenvalue weighted by Crippen LogP contribution is 2.31. The number of carbonyl (C=O) groups is 2. The highest BCUT2D eigenvalue weighted by Gasteiger charge is 2.20. The van der Waals surface area contributed by atoms with Crippen molar-refractivity contribution in [3.05, 3.63) is 71.5 Å². The van der Waals surface area contributed by atoms with E-state index in [9.17, 15) is 14.0 Å². The van der Waals surface area contributed by atoms with Gasteiger partial charge in [-0.1, -0.05) is 12.1 Å². The zero-order valence-corrected chi connectivity index (χ0v) is 17.3. The van der Waals surface area contributed by atoms with E-state index in [-0.39, 0.29) is 17.5 Å². The van der Waals surface area contributed by atoms with E-state index in [0.29, 0.717) is 23.1 Å². The number of benzene rings is 2. The lowest BCUT2D eigenvalue weighted by Crippen LogP contribution is -2.23. The Morgan fingerprint density at radius 1 is 1.20 bits per heavy atom. The Kier molecular flexibility index (Phi) is 6.92. The lowest BCUT2D eigenvalue weighted by atomic mass is 10.3. The first-order valence-electron chi connectivity index (χ1n) is 9.20. The summed E-state index contributed by atoms with van der Waals surface area (Å²) in [5.41, 5.74) is 1.25. The zero-order chi connectivity index (χ0) is 21.5. The van der Waals surface area contributed by atoms with Crippen LogP contribution in [0.5, 0.6) is 5.75 Å². The summed E-state index contributed by atoms with van der Waals surface area (Å²) in [5.74, 6) is -0.481. The maximum atomic E-state index is 14.1. The maximum Gasteiger partial charge on any atom is 0.248 e. The van der Waals surface area contributed by atoms with Crippen LogP contribution in [0.25, 0.3) is 6.08 Å². The Balaban J connectivity index is 1.69. The maximum absolute atomic E-state index is 14.1. The molecule has 0 aliphatic heterocycles. The number of ether oxygens (including phenoxy) is 1. The van der Waals surface area contributed by atoms with E-state index in [0.717, 1.165) is 5.75 Å². The van der Waals surface area contributed by atoms with Crippen molar-refractivity contribution in [3.8, 4) is 5.75 Å². The molecule has 3 aromatic rings. The van der Waals surface area contributed by atoms with Crippen molar-refractivity contribution in [1.29, 1.82) is 0 Å². The molecule has 0 saturated heterocycles. The summed E-state index contributed by atoms with van der Waals surface area (Å²) in [6.07, 6.45) is 2.88. The monoisotopic (exact) mass is 425 g/mol. The summed E-state index contributed by atoms with van der Waals surface area (Å²) in [6, 6.07) is 13.0. The van der Waals surface area contributed by atoms with Crippen LogP contribution in [0.1, 0.15) is 19.5 Å². The predicted octanol–water partition coefficient (Wildman–Crippen LogP) is 5.02. The number of carbonyl (C=O) groups excluding carboxylic acids is 2. The number of rotatable bonds is 7. The fraction of sp³-hybridized carbons (Fsp3) is 0.136. The average Bonchev–Trinajstić information content (AvgIpc) is 3.18. The molecule has 0 radical (unpaired) electrons. The van der Waals surface area contributed by atoms with Crippen molar-refractivity contribution in [2.45, 2.75) is 13.8 Å². The van der Waals surface area contributed by atoms with Gasteiger partial charge in [0.15, 0.2) is 5.13 Å². The second-order valence-electron chi connectivity index (χ2n) is 6.14. The topological polar surface area (TPSA) is 71.5 Å². The van der Waals surface area contributed by atoms with Crippen molar-refractivity contribution in [1.82, 2.24) is 4.98 Å². The second-order valence-corrected chi connectivity index (χ2v) is 6.98. The predicted molar refractivity (Wildman–Crippen MR) is 117 cm³/mol. The lowest BCUT2D eigenvalue weighted by Gasteiger charge is -2.18. The number of nitrogens with zero attached hydrogens (tertiary/aromatic N) is 2. The van der Waals surface area contributed by atoms with Gasteiger partial charge in [0.2, 0.25) is 11.8 Å². The first-order chi connectivity index (χ1) is 14.5. The molecule has 0 saturated carbocycles. The summed E-state index contributed by atoms with van der Waals surface area (Å²) < 4.78 is 19.5. The van der Waals surface area contributed by atoms with E-state index < -0.39 is 5.82 Å². The normalized spacial score (nSPS) is 10.8. The molecule has 154 valence electrons. The molecular weight excluding hydrogens is 405 g/mol. The summed E-state index contributed by atoms with van der Waals surface area (Å²) >= 11 is 1.18. The lowest BCUT2D eigenvalue weighted by molar-refractivity contribution is -0.116. The van der Waals surface area contributed by atoms with Crippen LogP contribution in [0.15, 0.2) is 60.0 Å². The standard InChI is InChI=1S/C22H20FN3O3S/c1-3-29-18-11-8-16(9-12-18)24-21(28)13-10-17-14-30-22(25-17)26(15(2)27)20-7-5-4-6-19(20)23/h4-14H,3H2,1-2H3,(H,24,28)/b13-10+. The van der Waals surface area contributed by atoms with Gasteiger partial charge in [-0.05, 0) is 49.4 Å². The highest BCUT2D eigenvalue weighted by molar-refractivity contribution is 7.14.